The lowest BCUT2D eigenvalue weighted by molar-refractivity contribution is 0.584. The zero-order valence-electron chi connectivity index (χ0n) is 14.7. The molecule has 0 aliphatic heterocycles. The first-order chi connectivity index (χ1) is 11.6. The lowest BCUT2D eigenvalue weighted by Gasteiger charge is -2.15. The summed E-state index contributed by atoms with van der Waals surface area (Å²) in [6.07, 6.45) is 8.10. The van der Waals surface area contributed by atoms with Crippen LogP contribution in [-0.4, -0.2) is 0 Å². The van der Waals surface area contributed by atoms with E-state index in [1.165, 1.54) is 39.0 Å². The fourth-order valence-corrected chi connectivity index (χ4v) is 3.98. The maximum absolute atomic E-state index is 2.38. The zero-order chi connectivity index (χ0) is 16.7. The van der Waals surface area contributed by atoms with Crippen LogP contribution in [0.25, 0.3) is 17.2 Å². The summed E-state index contributed by atoms with van der Waals surface area (Å²) in [4.78, 5) is 0. The number of hydrogen-bond donors (Lipinski definition) is 0. The first kappa shape index (κ1) is 15.2. The molecule has 0 saturated heterocycles. The average molecular weight is 312 g/mol. The van der Waals surface area contributed by atoms with Gasteiger partial charge in [0.1, 0.15) is 0 Å². The molecule has 0 radical (unpaired) electrons. The van der Waals surface area contributed by atoms with Gasteiger partial charge in [0, 0.05) is 5.92 Å². The predicted octanol–water partition coefficient (Wildman–Crippen LogP) is 6.71. The highest BCUT2D eigenvalue weighted by Crippen LogP contribution is 2.40. The van der Waals surface area contributed by atoms with Crippen LogP contribution in [0.5, 0.6) is 0 Å². The molecule has 0 fully saturated rings. The van der Waals surface area contributed by atoms with Crippen molar-refractivity contribution in [3.8, 4) is 0 Å². The molecule has 0 nitrogen and oxygen atoms in total. The highest BCUT2D eigenvalue weighted by molar-refractivity contribution is 5.92. The van der Waals surface area contributed by atoms with Crippen molar-refractivity contribution >= 4 is 17.2 Å². The van der Waals surface area contributed by atoms with Crippen LogP contribution in [-0.2, 0) is 0 Å². The molecule has 0 saturated carbocycles. The van der Waals surface area contributed by atoms with Gasteiger partial charge in [-0.3, -0.25) is 0 Å². The number of hydrogen-bond acceptors (Lipinski definition) is 0. The van der Waals surface area contributed by atoms with Crippen LogP contribution >= 0.6 is 0 Å². The fraction of sp³-hybridized carbons (Fsp3) is 0.250. The topological polar surface area (TPSA) is 0 Å². The van der Waals surface area contributed by atoms with Gasteiger partial charge in [0.2, 0.25) is 0 Å². The Morgan fingerprint density at radius 1 is 0.958 bits per heavy atom. The summed E-state index contributed by atoms with van der Waals surface area (Å²) in [5, 5.41) is 0. The van der Waals surface area contributed by atoms with E-state index in [1.807, 2.05) is 0 Å². The first-order valence-corrected chi connectivity index (χ1v) is 8.92. The Bertz CT molecular complexity index is 860. The van der Waals surface area contributed by atoms with E-state index in [4.69, 9.17) is 0 Å². The lowest BCUT2D eigenvalue weighted by atomic mass is 9.89. The number of fused-ring (bicyclic) bond motifs is 1. The molecule has 0 heteroatoms. The largest absolute Gasteiger partial charge is 0.0761 e. The van der Waals surface area contributed by atoms with Crippen molar-refractivity contribution in [2.75, 3.05) is 0 Å². The molecular formula is C24H24. The van der Waals surface area contributed by atoms with Gasteiger partial charge in [-0.1, -0.05) is 80.1 Å². The molecule has 0 spiro atoms. The molecule has 1 unspecified atom stereocenters. The van der Waals surface area contributed by atoms with Crippen LogP contribution in [0.15, 0.2) is 66.3 Å². The second-order valence-corrected chi connectivity index (χ2v) is 7.38. The standard InChI is InChI=1S/C24H24/c1-16(2)22-11-10-20-14-19(9-12-23(20)22)21-13-17(3)24(15-21)18-7-5-4-6-8-18/h4-12,14-16,22H,13H2,1-3H3. The Morgan fingerprint density at radius 3 is 2.50 bits per heavy atom. The second-order valence-electron chi connectivity index (χ2n) is 7.38. The van der Waals surface area contributed by atoms with Crippen LogP contribution in [0.1, 0.15) is 55.4 Å². The van der Waals surface area contributed by atoms with Crippen molar-refractivity contribution in [3.05, 3.63) is 88.5 Å². The first-order valence-electron chi connectivity index (χ1n) is 8.92. The van der Waals surface area contributed by atoms with Crippen LogP contribution < -0.4 is 0 Å². The molecule has 0 amide bonds. The number of allylic oxidation sites excluding steroid dienone is 5. The molecule has 0 bridgehead atoms. The van der Waals surface area contributed by atoms with Crippen molar-refractivity contribution in [2.24, 2.45) is 5.92 Å². The monoisotopic (exact) mass is 312 g/mol. The van der Waals surface area contributed by atoms with Gasteiger partial charge in [-0.2, -0.15) is 0 Å². The van der Waals surface area contributed by atoms with Gasteiger partial charge in [0.15, 0.2) is 0 Å². The van der Waals surface area contributed by atoms with Gasteiger partial charge < -0.3 is 0 Å². The van der Waals surface area contributed by atoms with Gasteiger partial charge >= 0.3 is 0 Å². The summed E-state index contributed by atoms with van der Waals surface area (Å²) < 4.78 is 0. The molecule has 1 atom stereocenters. The normalized spacial score (nSPS) is 19.2. The average Bonchev–Trinajstić information content (AvgIpc) is 3.18. The molecule has 24 heavy (non-hydrogen) atoms. The Kier molecular flexibility index (Phi) is 3.76. The van der Waals surface area contributed by atoms with E-state index in [1.54, 1.807) is 0 Å². The summed E-state index contributed by atoms with van der Waals surface area (Å²) in [6.45, 7) is 6.86. The predicted molar refractivity (Wildman–Crippen MR) is 105 cm³/mol. The van der Waals surface area contributed by atoms with Gasteiger partial charge in [-0.05, 0) is 58.7 Å². The molecule has 0 aromatic heterocycles. The van der Waals surface area contributed by atoms with E-state index in [0.717, 1.165) is 6.42 Å². The van der Waals surface area contributed by atoms with Gasteiger partial charge in [-0.25, -0.2) is 0 Å². The van der Waals surface area contributed by atoms with E-state index in [2.05, 4.69) is 87.5 Å². The molecule has 4 rings (SSSR count). The van der Waals surface area contributed by atoms with E-state index in [-0.39, 0.29) is 0 Å². The summed E-state index contributed by atoms with van der Waals surface area (Å²) in [6, 6.07) is 17.8. The van der Waals surface area contributed by atoms with Crippen LogP contribution in [0.2, 0.25) is 0 Å². The minimum atomic E-state index is 0.575. The van der Waals surface area contributed by atoms with E-state index >= 15 is 0 Å². The summed E-state index contributed by atoms with van der Waals surface area (Å²) >= 11 is 0. The van der Waals surface area contributed by atoms with Crippen molar-refractivity contribution in [2.45, 2.75) is 33.1 Å². The van der Waals surface area contributed by atoms with Crippen molar-refractivity contribution in [1.82, 2.24) is 0 Å². The summed E-state index contributed by atoms with van der Waals surface area (Å²) in [5.74, 6) is 1.24. The molecule has 2 aliphatic rings. The third-order valence-electron chi connectivity index (χ3n) is 5.34. The molecule has 120 valence electrons. The fourth-order valence-electron chi connectivity index (χ4n) is 3.98. The minimum Gasteiger partial charge on any atom is -0.0761 e. The molecule has 2 aromatic rings. The highest BCUT2D eigenvalue weighted by atomic mass is 14.3. The Hall–Kier alpha value is -2.34. The zero-order valence-corrected chi connectivity index (χ0v) is 14.7. The summed E-state index contributed by atoms with van der Waals surface area (Å²) in [7, 11) is 0. The lowest BCUT2D eigenvalue weighted by Crippen LogP contribution is -2.01. The molecule has 2 aromatic carbocycles. The second kappa shape index (κ2) is 5.94. The molecular weight excluding hydrogens is 288 g/mol. The van der Waals surface area contributed by atoms with Crippen LogP contribution in [0.4, 0.5) is 0 Å². The number of benzene rings is 2. The Labute approximate surface area is 145 Å². The SMILES string of the molecule is CC1=C(c2ccccc2)C=C(c2ccc3c(c2)C=CC3C(C)C)C1. The van der Waals surface area contributed by atoms with E-state index < -0.39 is 0 Å². The van der Waals surface area contributed by atoms with Gasteiger partial charge in [0.05, 0.1) is 0 Å². The molecule has 0 heterocycles. The van der Waals surface area contributed by atoms with E-state index in [0.29, 0.717) is 11.8 Å². The third-order valence-corrected chi connectivity index (χ3v) is 5.34. The maximum atomic E-state index is 2.38. The minimum absolute atomic E-state index is 0.575. The quantitative estimate of drug-likeness (QED) is 0.590. The molecule has 2 aliphatic carbocycles. The van der Waals surface area contributed by atoms with Crippen molar-refractivity contribution in [1.29, 1.82) is 0 Å². The molecule has 0 N–H and O–H groups in total. The Balaban J connectivity index is 1.66. The highest BCUT2D eigenvalue weighted by Gasteiger charge is 2.22. The smallest absolute Gasteiger partial charge is 0.00502 e. The number of rotatable bonds is 3. The van der Waals surface area contributed by atoms with Crippen molar-refractivity contribution in [3.63, 3.8) is 0 Å². The maximum Gasteiger partial charge on any atom is 0.00502 e. The van der Waals surface area contributed by atoms with Gasteiger partial charge in [0.25, 0.3) is 0 Å². The van der Waals surface area contributed by atoms with Crippen LogP contribution in [0, 0.1) is 5.92 Å². The summed E-state index contributed by atoms with van der Waals surface area (Å²) in [5.41, 5.74) is 9.88. The van der Waals surface area contributed by atoms with Crippen LogP contribution in [0.3, 0.4) is 0 Å². The van der Waals surface area contributed by atoms with Crippen molar-refractivity contribution < 1.29 is 0 Å². The Morgan fingerprint density at radius 2 is 1.75 bits per heavy atom. The van der Waals surface area contributed by atoms with Gasteiger partial charge in [-0.15, -0.1) is 0 Å². The third kappa shape index (κ3) is 2.57. The van der Waals surface area contributed by atoms with E-state index in [9.17, 15) is 0 Å².